The van der Waals surface area contributed by atoms with Gasteiger partial charge in [0, 0.05) is 11.9 Å². The van der Waals surface area contributed by atoms with Crippen molar-refractivity contribution in [3.63, 3.8) is 0 Å². The molecule has 0 aliphatic carbocycles. The van der Waals surface area contributed by atoms with Crippen molar-refractivity contribution in [2.24, 2.45) is 0 Å². The quantitative estimate of drug-likeness (QED) is 0.677. The predicted molar refractivity (Wildman–Crippen MR) is 76.4 cm³/mol. The van der Waals surface area contributed by atoms with Gasteiger partial charge in [-0.1, -0.05) is 18.2 Å². The van der Waals surface area contributed by atoms with Gasteiger partial charge in [0.1, 0.15) is 12.5 Å². The Morgan fingerprint density at radius 3 is 2.80 bits per heavy atom. The fraction of sp³-hybridized carbons (Fsp3) is 0.467. The van der Waals surface area contributed by atoms with Gasteiger partial charge in [-0.2, -0.15) is 5.10 Å². The molecule has 3 rings (SSSR count). The maximum Gasteiger partial charge on any atom is 0.140 e. The Morgan fingerprint density at radius 1 is 1.45 bits per heavy atom. The zero-order valence-electron chi connectivity index (χ0n) is 11.9. The van der Waals surface area contributed by atoms with Crippen LogP contribution in [0.5, 0.6) is 0 Å². The smallest absolute Gasteiger partial charge is 0.140 e. The van der Waals surface area contributed by atoms with Crippen LogP contribution >= 0.6 is 0 Å². The van der Waals surface area contributed by atoms with E-state index >= 15 is 0 Å². The standard InChI is InChI=1S/C15H19N3O2/c1-10-11-6-4-5-7-12(11)18(16-10)14-8-17(14)13(9-19)15(2,3)20/h4-7,9,13-14,20H,8H2,1-3H3. The molecule has 1 aromatic carbocycles. The molecule has 2 heterocycles. The second-order valence-corrected chi connectivity index (χ2v) is 5.96. The van der Waals surface area contributed by atoms with Crippen LogP contribution in [-0.4, -0.2) is 44.3 Å². The van der Waals surface area contributed by atoms with E-state index in [9.17, 15) is 9.90 Å². The first-order chi connectivity index (χ1) is 9.43. The van der Waals surface area contributed by atoms with Crippen LogP contribution in [-0.2, 0) is 4.79 Å². The number of nitrogens with zero attached hydrogens (tertiary/aromatic N) is 3. The van der Waals surface area contributed by atoms with Crippen LogP contribution in [0.15, 0.2) is 24.3 Å². The molecule has 0 spiro atoms. The lowest BCUT2D eigenvalue weighted by Crippen LogP contribution is -2.43. The number of aliphatic hydroxyl groups is 1. The second-order valence-electron chi connectivity index (χ2n) is 5.96. The molecule has 106 valence electrons. The van der Waals surface area contributed by atoms with Gasteiger partial charge in [0.2, 0.25) is 0 Å². The third-order valence-corrected chi connectivity index (χ3v) is 3.91. The molecule has 1 fully saturated rings. The molecule has 2 aromatic rings. The summed E-state index contributed by atoms with van der Waals surface area (Å²) in [6.45, 7) is 6.04. The summed E-state index contributed by atoms with van der Waals surface area (Å²) >= 11 is 0. The molecule has 3 unspecified atom stereocenters. The minimum Gasteiger partial charge on any atom is -0.388 e. The third-order valence-electron chi connectivity index (χ3n) is 3.91. The van der Waals surface area contributed by atoms with Crippen molar-refractivity contribution in [2.75, 3.05) is 6.54 Å². The zero-order chi connectivity index (χ0) is 14.5. The molecule has 5 heteroatoms. The molecule has 5 nitrogen and oxygen atoms in total. The van der Waals surface area contributed by atoms with Gasteiger partial charge in [-0.25, -0.2) is 4.68 Å². The van der Waals surface area contributed by atoms with Crippen molar-refractivity contribution in [3.8, 4) is 0 Å². The van der Waals surface area contributed by atoms with E-state index in [-0.39, 0.29) is 6.17 Å². The van der Waals surface area contributed by atoms with Crippen molar-refractivity contribution >= 4 is 17.2 Å². The van der Waals surface area contributed by atoms with Crippen molar-refractivity contribution in [3.05, 3.63) is 30.0 Å². The molecule has 0 saturated carbocycles. The number of para-hydroxylation sites is 1. The second kappa shape index (κ2) is 4.40. The summed E-state index contributed by atoms with van der Waals surface area (Å²) in [5.41, 5.74) is 1.00. The lowest BCUT2D eigenvalue weighted by atomic mass is 10.0. The summed E-state index contributed by atoms with van der Waals surface area (Å²) in [7, 11) is 0. The number of aryl methyl sites for hydroxylation is 1. The first-order valence-electron chi connectivity index (χ1n) is 6.80. The van der Waals surface area contributed by atoms with Gasteiger partial charge in [0.25, 0.3) is 0 Å². The molecular weight excluding hydrogens is 254 g/mol. The van der Waals surface area contributed by atoms with Gasteiger partial charge in [-0.05, 0) is 26.8 Å². The Labute approximate surface area is 117 Å². The van der Waals surface area contributed by atoms with Crippen LogP contribution in [0.1, 0.15) is 25.7 Å². The SMILES string of the molecule is Cc1nn(C2CN2C(C=O)C(C)(C)O)c2ccccc12. The van der Waals surface area contributed by atoms with E-state index in [0.29, 0.717) is 0 Å². The van der Waals surface area contributed by atoms with Gasteiger partial charge in [-0.3, -0.25) is 4.90 Å². The van der Waals surface area contributed by atoms with E-state index in [1.54, 1.807) is 13.8 Å². The fourth-order valence-electron chi connectivity index (χ4n) is 2.78. The molecule has 0 amide bonds. The van der Waals surface area contributed by atoms with Crippen LogP contribution in [0.4, 0.5) is 0 Å². The molecule has 1 aromatic heterocycles. The van der Waals surface area contributed by atoms with Gasteiger partial charge in [0.15, 0.2) is 0 Å². The minimum atomic E-state index is -1.05. The van der Waals surface area contributed by atoms with Crippen LogP contribution in [0.2, 0.25) is 0 Å². The Bertz CT molecular complexity index is 657. The Hall–Kier alpha value is -1.72. The summed E-state index contributed by atoms with van der Waals surface area (Å²) in [5, 5.41) is 15.8. The highest BCUT2D eigenvalue weighted by molar-refractivity contribution is 5.81. The van der Waals surface area contributed by atoms with Gasteiger partial charge >= 0.3 is 0 Å². The highest BCUT2D eigenvalue weighted by Crippen LogP contribution is 2.37. The molecule has 1 aliphatic heterocycles. The summed E-state index contributed by atoms with van der Waals surface area (Å²) in [6, 6.07) is 7.56. The first-order valence-corrected chi connectivity index (χ1v) is 6.80. The van der Waals surface area contributed by atoms with E-state index < -0.39 is 11.6 Å². The Morgan fingerprint density at radius 2 is 2.15 bits per heavy atom. The number of aldehydes is 1. The fourth-order valence-corrected chi connectivity index (χ4v) is 2.78. The molecule has 1 aliphatic rings. The van der Waals surface area contributed by atoms with E-state index in [0.717, 1.165) is 29.4 Å². The lowest BCUT2D eigenvalue weighted by Gasteiger charge is -2.26. The molecule has 3 atom stereocenters. The monoisotopic (exact) mass is 273 g/mol. The van der Waals surface area contributed by atoms with Crippen LogP contribution in [0.3, 0.4) is 0 Å². The number of rotatable bonds is 4. The summed E-state index contributed by atoms with van der Waals surface area (Å²) < 4.78 is 1.95. The number of aromatic nitrogens is 2. The Kier molecular flexibility index (Phi) is 2.92. The Balaban J connectivity index is 1.94. The highest BCUT2D eigenvalue weighted by Gasteiger charge is 2.47. The van der Waals surface area contributed by atoms with Gasteiger partial charge in [0.05, 0.1) is 22.9 Å². The number of carbonyl (C=O) groups is 1. The normalized spacial score (nSPS) is 23.8. The maximum atomic E-state index is 11.2. The highest BCUT2D eigenvalue weighted by atomic mass is 16.3. The maximum absolute atomic E-state index is 11.2. The molecular formula is C15H19N3O2. The number of hydrogen-bond acceptors (Lipinski definition) is 4. The van der Waals surface area contributed by atoms with Gasteiger partial charge in [-0.15, -0.1) is 0 Å². The summed E-state index contributed by atoms with van der Waals surface area (Å²) in [6.07, 6.45) is 0.869. The van der Waals surface area contributed by atoms with E-state index in [4.69, 9.17) is 0 Å². The molecule has 20 heavy (non-hydrogen) atoms. The topological polar surface area (TPSA) is 58.1 Å². The van der Waals surface area contributed by atoms with Crippen molar-refractivity contribution in [1.29, 1.82) is 0 Å². The van der Waals surface area contributed by atoms with E-state index in [1.807, 2.05) is 40.8 Å². The number of carbonyl (C=O) groups excluding carboxylic acids is 1. The molecule has 1 saturated heterocycles. The number of fused-ring (bicyclic) bond motifs is 1. The number of hydrogen-bond donors (Lipinski definition) is 1. The molecule has 0 radical (unpaired) electrons. The van der Waals surface area contributed by atoms with Crippen LogP contribution in [0, 0.1) is 6.92 Å². The molecule has 0 bridgehead atoms. The van der Waals surface area contributed by atoms with Crippen molar-refractivity contribution in [1.82, 2.24) is 14.7 Å². The van der Waals surface area contributed by atoms with Crippen molar-refractivity contribution < 1.29 is 9.90 Å². The lowest BCUT2D eigenvalue weighted by molar-refractivity contribution is -0.117. The van der Waals surface area contributed by atoms with Gasteiger partial charge < -0.3 is 9.90 Å². The van der Waals surface area contributed by atoms with Crippen LogP contribution in [0.25, 0.3) is 10.9 Å². The summed E-state index contributed by atoms with van der Waals surface area (Å²) in [5.74, 6) is 0. The first kappa shape index (κ1) is 13.3. The number of benzene rings is 1. The molecule has 1 N–H and O–H groups in total. The minimum absolute atomic E-state index is 0.0511. The zero-order valence-corrected chi connectivity index (χ0v) is 11.9. The van der Waals surface area contributed by atoms with Crippen molar-refractivity contribution in [2.45, 2.75) is 38.6 Å². The average molecular weight is 273 g/mol. The van der Waals surface area contributed by atoms with E-state index in [2.05, 4.69) is 5.10 Å². The predicted octanol–water partition coefficient (Wildman–Crippen LogP) is 1.50. The average Bonchev–Trinajstić information content (AvgIpc) is 3.07. The van der Waals surface area contributed by atoms with Crippen LogP contribution < -0.4 is 0 Å². The third kappa shape index (κ3) is 2.03. The largest absolute Gasteiger partial charge is 0.388 e. The van der Waals surface area contributed by atoms with E-state index in [1.165, 1.54) is 0 Å². The summed E-state index contributed by atoms with van der Waals surface area (Å²) in [4.78, 5) is 13.2.